The van der Waals surface area contributed by atoms with Crippen molar-refractivity contribution in [2.75, 3.05) is 0 Å². The van der Waals surface area contributed by atoms with Crippen molar-refractivity contribution in [3.05, 3.63) is 69.2 Å². The number of rotatable bonds is 3. The third-order valence-corrected chi connectivity index (χ3v) is 4.00. The second-order valence-electron chi connectivity index (χ2n) is 4.89. The first-order valence-corrected chi connectivity index (χ1v) is 7.04. The zero-order chi connectivity index (χ0) is 14.9. The second-order valence-corrected chi connectivity index (χ2v) is 5.82. The van der Waals surface area contributed by atoms with Crippen LogP contribution >= 0.6 is 23.2 Å². The zero-order valence-electron chi connectivity index (χ0n) is 11.2. The van der Waals surface area contributed by atoms with Gasteiger partial charge in [0.1, 0.15) is 0 Å². The van der Waals surface area contributed by atoms with Crippen molar-refractivity contribution in [1.82, 2.24) is 0 Å². The Bertz CT molecular complexity index is 639. The maximum absolute atomic E-state index is 13.3. The molecule has 0 aromatic heterocycles. The highest BCUT2D eigenvalue weighted by atomic mass is 35.5. The van der Waals surface area contributed by atoms with E-state index in [2.05, 4.69) is 0 Å². The first-order valence-electron chi connectivity index (χ1n) is 6.23. The lowest BCUT2D eigenvalue weighted by atomic mass is 9.98. The molecule has 4 heteroatoms. The van der Waals surface area contributed by atoms with Gasteiger partial charge in [-0.15, -0.1) is 11.6 Å². The van der Waals surface area contributed by atoms with E-state index in [1.165, 1.54) is 0 Å². The van der Waals surface area contributed by atoms with Gasteiger partial charge in [0.25, 0.3) is 0 Å². The van der Waals surface area contributed by atoms with Crippen LogP contribution in [0.25, 0.3) is 0 Å². The first kappa shape index (κ1) is 15.3. The molecule has 0 radical (unpaired) electrons. The molecule has 1 atom stereocenters. The van der Waals surface area contributed by atoms with E-state index in [4.69, 9.17) is 23.2 Å². The van der Waals surface area contributed by atoms with Crippen LogP contribution in [0, 0.1) is 25.5 Å². The summed E-state index contributed by atoms with van der Waals surface area (Å²) in [5, 5.41) is -0.354. The minimum absolute atomic E-state index is 0.147. The maximum atomic E-state index is 13.3. The van der Waals surface area contributed by atoms with Crippen molar-refractivity contribution in [1.29, 1.82) is 0 Å². The van der Waals surface area contributed by atoms with Gasteiger partial charge >= 0.3 is 0 Å². The van der Waals surface area contributed by atoms with Crippen molar-refractivity contribution in [3.8, 4) is 0 Å². The largest absolute Gasteiger partial charge is 0.204 e. The highest BCUT2D eigenvalue weighted by molar-refractivity contribution is 6.32. The summed E-state index contributed by atoms with van der Waals surface area (Å²) in [7, 11) is 0. The highest BCUT2D eigenvalue weighted by Gasteiger charge is 2.17. The molecule has 1 unspecified atom stereocenters. The standard InChI is InChI=1S/C16H14Cl2F2/c1-9-3-4-10(2)11(5-9)6-13(17)12-7-15(19)16(20)8-14(12)18/h3-5,7-8,13H,6H2,1-2H3. The molecule has 0 saturated heterocycles. The van der Waals surface area contributed by atoms with Gasteiger partial charge in [-0.3, -0.25) is 0 Å². The van der Waals surface area contributed by atoms with Crippen molar-refractivity contribution >= 4 is 23.2 Å². The van der Waals surface area contributed by atoms with E-state index >= 15 is 0 Å². The molecule has 106 valence electrons. The average Bonchev–Trinajstić information content (AvgIpc) is 2.38. The van der Waals surface area contributed by atoms with Gasteiger partial charge in [0, 0.05) is 5.02 Å². The van der Waals surface area contributed by atoms with Gasteiger partial charge < -0.3 is 0 Å². The van der Waals surface area contributed by atoms with Crippen LogP contribution in [-0.2, 0) is 6.42 Å². The smallest absolute Gasteiger partial charge is 0.160 e. The molecule has 0 aliphatic rings. The number of hydrogen-bond acceptors (Lipinski definition) is 0. The van der Waals surface area contributed by atoms with Crippen molar-refractivity contribution in [2.24, 2.45) is 0 Å². The molecule has 0 aliphatic heterocycles. The van der Waals surface area contributed by atoms with E-state index in [1.807, 2.05) is 32.0 Å². The molecule has 2 aromatic rings. The van der Waals surface area contributed by atoms with E-state index in [0.717, 1.165) is 28.8 Å². The van der Waals surface area contributed by atoms with Gasteiger partial charge in [0.15, 0.2) is 11.6 Å². The van der Waals surface area contributed by atoms with Gasteiger partial charge in [0.05, 0.1) is 5.38 Å². The SMILES string of the molecule is Cc1ccc(C)c(CC(Cl)c2cc(F)c(F)cc2Cl)c1. The summed E-state index contributed by atoms with van der Waals surface area (Å²) >= 11 is 12.3. The van der Waals surface area contributed by atoms with Gasteiger partial charge in [-0.1, -0.05) is 35.4 Å². The van der Waals surface area contributed by atoms with Crippen LogP contribution in [0.3, 0.4) is 0 Å². The molecule has 0 fully saturated rings. The molecule has 2 rings (SSSR count). The normalized spacial score (nSPS) is 12.5. The fourth-order valence-corrected chi connectivity index (χ4v) is 2.79. The average molecular weight is 315 g/mol. The number of benzene rings is 2. The third-order valence-electron chi connectivity index (χ3n) is 3.28. The molecular weight excluding hydrogens is 301 g/mol. The lowest BCUT2D eigenvalue weighted by Crippen LogP contribution is -2.01. The van der Waals surface area contributed by atoms with E-state index in [0.29, 0.717) is 12.0 Å². The van der Waals surface area contributed by atoms with E-state index in [9.17, 15) is 8.78 Å². The summed E-state index contributed by atoms with van der Waals surface area (Å²) in [6, 6.07) is 8.11. The van der Waals surface area contributed by atoms with Gasteiger partial charge in [0.2, 0.25) is 0 Å². The zero-order valence-corrected chi connectivity index (χ0v) is 12.7. The number of hydrogen-bond donors (Lipinski definition) is 0. The van der Waals surface area contributed by atoms with Crippen molar-refractivity contribution in [3.63, 3.8) is 0 Å². The number of aryl methyl sites for hydroxylation is 2. The van der Waals surface area contributed by atoms with E-state index < -0.39 is 17.0 Å². The molecule has 0 amide bonds. The number of halogens is 4. The van der Waals surface area contributed by atoms with Crippen molar-refractivity contribution in [2.45, 2.75) is 25.6 Å². The molecule has 0 heterocycles. The van der Waals surface area contributed by atoms with E-state index in [1.54, 1.807) is 0 Å². The molecular formula is C16H14Cl2F2. The van der Waals surface area contributed by atoms with Crippen LogP contribution in [0.15, 0.2) is 30.3 Å². The van der Waals surface area contributed by atoms with Crippen molar-refractivity contribution < 1.29 is 8.78 Å². The monoisotopic (exact) mass is 314 g/mol. The number of alkyl halides is 1. The Morgan fingerprint density at radius 1 is 1.05 bits per heavy atom. The minimum atomic E-state index is -0.964. The van der Waals surface area contributed by atoms with Gasteiger partial charge in [-0.25, -0.2) is 8.78 Å². The lowest BCUT2D eigenvalue weighted by molar-refractivity contribution is 0.507. The van der Waals surface area contributed by atoms with Crippen LogP contribution in [-0.4, -0.2) is 0 Å². The Morgan fingerprint density at radius 2 is 1.70 bits per heavy atom. The molecule has 0 nitrogen and oxygen atoms in total. The summed E-state index contributed by atoms with van der Waals surface area (Å²) in [4.78, 5) is 0. The molecule has 0 N–H and O–H groups in total. The Balaban J connectivity index is 2.30. The lowest BCUT2D eigenvalue weighted by Gasteiger charge is -2.14. The minimum Gasteiger partial charge on any atom is -0.204 e. The predicted octanol–water partition coefficient (Wildman–Crippen LogP) is 5.76. The Morgan fingerprint density at radius 3 is 2.40 bits per heavy atom. The molecule has 2 aromatic carbocycles. The predicted molar refractivity (Wildman–Crippen MR) is 79.6 cm³/mol. The van der Waals surface area contributed by atoms with Crippen LogP contribution in [0.5, 0.6) is 0 Å². The molecule has 0 spiro atoms. The highest BCUT2D eigenvalue weighted by Crippen LogP contribution is 2.33. The van der Waals surface area contributed by atoms with Gasteiger partial charge in [-0.2, -0.15) is 0 Å². The Kier molecular flexibility index (Phi) is 4.66. The fourth-order valence-electron chi connectivity index (χ4n) is 2.10. The summed E-state index contributed by atoms with van der Waals surface area (Å²) in [6.07, 6.45) is 0.514. The van der Waals surface area contributed by atoms with Crippen LogP contribution < -0.4 is 0 Å². The van der Waals surface area contributed by atoms with E-state index in [-0.39, 0.29) is 5.02 Å². The quantitative estimate of drug-likeness (QED) is 0.499. The summed E-state index contributed by atoms with van der Waals surface area (Å²) in [6.45, 7) is 3.99. The van der Waals surface area contributed by atoms with Gasteiger partial charge in [-0.05, 0) is 49.1 Å². The summed E-state index contributed by atoms with van der Waals surface area (Å²) in [5.41, 5.74) is 3.73. The third kappa shape index (κ3) is 3.31. The first-order chi connectivity index (χ1) is 9.38. The molecule has 0 bridgehead atoms. The topological polar surface area (TPSA) is 0 Å². The fraction of sp³-hybridized carbons (Fsp3) is 0.250. The van der Waals surface area contributed by atoms with Crippen LogP contribution in [0.4, 0.5) is 8.78 Å². The van der Waals surface area contributed by atoms with Crippen LogP contribution in [0.2, 0.25) is 5.02 Å². The second kappa shape index (κ2) is 6.11. The Hall–Kier alpha value is -1.12. The van der Waals surface area contributed by atoms with Crippen LogP contribution in [0.1, 0.15) is 27.6 Å². The Labute approximate surface area is 127 Å². The molecule has 0 saturated carbocycles. The molecule has 0 aliphatic carbocycles. The molecule has 20 heavy (non-hydrogen) atoms. The summed E-state index contributed by atoms with van der Waals surface area (Å²) in [5.74, 6) is -1.90. The maximum Gasteiger partial charge on any atom is 0.160 e. The summed E-state index contributed by atoms with van der Waals surface area (Å²) < 4.78 is 26.4.